The van der Waals surface area contributed by atoms with Crippen molar-refractivity contribution < 1.29 is 9.32 Å². The first kappa shape index (κ1) is 15.2. The minimum Gasteiger partial charge on any atom is -0.334 e. The van der Waals surface area contributed by atoms with E-state index in [9.17, 15) is 4.79 Å². The van der Waals surface area contributed by atoms with E-state index >= 15 is 0 Å². The van der Waals surface area contributed by atoms with Crippen LogP contribution in [0.5, 0.6) is 0 Å². The van der Waals surface area contributed by atoms with E-state index in [0.29, 0.717) is 28.0 Å². The molecule has 6 heteroatoms. The zero-order valence-corrected chi connectivity index (χ0v) is 13.2. The summed E-state index contributed by atoms with van der Waals surface area (Å²) >= 11 is 6.02. The molecule has 1 heterocycles. The van der Waals surface area contributed by atoms with E-state index in [1.807, 2.05) is 19.1 Å². The molecule has 0 saturated heterocycles. The number of aromatic nitrogens is 2. The Morgan fingerprint density at radius 2 is 1.91 bits per heavy atom. The number of anilines is 1. The summed E-state index contributed by atoms with van der Waals surface area (Å²) in [7, 11) is 0. The molecule has 1 amide bonds. The minimum absolute atomic E-state index is 0.255. The molecule has 3 rings (SSSR count). The molecule has 1 aromatic heterocycles. The van der Waals surface area contributed by atoms with Crippen LogP contribution >= 0.6 is 11.6 Å². The normalized spacial score (nSPS) is 10.5. The summed E-state index contributed by atoms with van der Waals surface area (Å²) in [4.78, 5) is 16.5. The molecule has 5 nitrogen and oxygen atoms in total. The van der Waals surface area contributed by atoms with Gasteiger partial charge in [0.25, 0.3) is 11.8 Å². The van der Waals surface area contributed by atoms with Crippen LogP contribution in [0, 0.1) is 0 Å². The Hall–Kier alpha value is -2.66. The summed E-state index contributed by atoms with van der Waals surface area (Å²) in [6.45, 7) is 1.96. The highest BCUT2D eigenvalue weighted by Gasteiger charge is 2.11. The van der Waals surface area contributed by atoms with Gasteiger partial charge in [0.1, 0.15) is 0 Å². The van der Waals surface area contributed by atoms with Gasteiger partial charge in [0.15, 0.2) is 5.82 Å². The SMILES string of the molecule is CCc1noc(-c2ccc(NC(=O)c3ccccc3Cl)cc2)n1. The van der Waals surface area contributed by atoms with E-state index in [0.717, 1.165) is 12.0 Å². The van der Waals surface area contributed by atoms with Gasteiger partial charge in [-0.1, -0.05) is 35.8 Å². The van der Waals surface area contributed by atoms with Crippen molar-refractivity contribution in [3.05, 3.63) is 64.9 Å². The average Bonchev–Trinajstić information content (AvgIpc) is 3.05. The van der Waals surface area contributed by atoms with Crippen LogP contribution in [0.2, 0.25) is 5.02 Å². The highest BCUT2D eigenvalue weighted by atomic mass is 35.5. The summed E-state index contributed by atoms with van der Waals surface area (Å²) in [6, 6.07) is 14.1. The molecule has 116 valence electrons. The smallest absolute Gasteiger partial charge is 0.257 e. The van der Waals surface area contributed by atoms with Crippen molar-refractivity contribution in [1.29, 1.82) is 0 Å². The van der Waals surface area contributed by atoms with Gasteiger partial charge in [0, 0.05) is 17.7 Å². The van der Waals surface area contributed by atoms with Gasteiger partial charge in [0.05, 0.1) is 10.6 Å². The Morgan fingerprint density at radius 1 is 1.17 bits per heavy atom. The fourth-order valence-corrected chi connectivity index (χ4v) is 2.28. The molecule has 0 bridgehead atoms. The van der Waals surface area contributed by atoms with Crippen LogP contribution < -0.4 is 5.32 Å². The number of hydrogen-bond donors (Lipinski definition) is 1. The lowest BCUT2D eigenvalue weighted by molar-refractivity contribution is 0.102. The number of halogens is 1. The first-order chi connectivity index (χ1) is 11.2. The maximum absolute atomic E-state index is 12.2. The lowest BCUT2D eigenvalue weighted by atomic mass is 10.2. The number of aryl methyl sites for hydroxylation is 1. The second-order valence-corrected chi connectivity index (χ2v) is 5.29. The predicted molar refractivity (Wildman–Crippen MR) is 88.5 cm³/mol. The topological polar surface area (TPSA) is 68.0 Å². The molecular formula is C17H14ClN3O2. The minimum atomic E-state index is -0.255. The maximum Gasteiger partial charge on any atom is 0.257 e. The van der Waals surface area contributed by atoms with Gasteiger partial charge in [-0.15, -0.1) is 0 Å². The molecular weight excluding hydrogens is 314 g/mol. The molecule has 23 heavy (non-hydrogen) atoms. The van der Waals surface area contributed by atoms with Gasteiger partial charge < -0.3 is 9.84 Å². The van der Waals surface area contributed by atoms with Gasteiger partial charge in [-0.2, -0.15) is 4.98 Å². The van der Waals surface area contributed by atoms with Crippen molar-refractivity contribution >= 4 is 23.2 Å². The van der Waals surface area contributed by atoms with E-state index in [4.69, 9.17) is 16.1 Å². The highest BCUT2D eigenvalue weighted by Crippen LogP contribution is 2.21. The number of hydrogen-bond acceptors (Lipinski definition) is 4. The van der Waals surface area contributed by atoms with Gasteiger partial charge >= 0.3 is 0 Å². The van der Waals surface area contributed by atoms with E-state index in [2.05, 4.69) is 15.5 Å². The monoisotopic (exact) mass is 327 g/mol. The van der Waals surface area contributed by atoms with Gasteiger partial charge in [-0.05, 0) is 36.4 Å². The molecule has 0 fully saturated rings. The molecule has 0 spiro atoms. The van der Waals surface area contributed by atoms with E-state index in [1.54, 1.807) is 36.4 Å². The lowest BCUT2D eigenvalue weighted by Crippen LogP contribution is -2.12. The van der Waals surface area contributed by atoms with E-state index < -0.39 is 0 Å². The molecule has 3 aromatic rings. The molecule has 2 aromatic carbocycles. The van der Waals surface area contributed by atoms with Crippen molar-refractivity contribution in [2.24, 2.45) is 0 Å². The average molecular weight is 328 g/mol. The zero-order valence-electron chi connectivity index (χ0n) is 12.4. The molecule has 0 aliphatic heterocycles. The third-order valence-electron chi connectivity index (χ3n) is 3.29. The number of carbonyl (C=O) groups is 1. The van der Waals surface area contributed by atoms with Crippen LogP contribution in [0.3, 0.4) is 0 Å². The van der Waals surface area contributed by atoms with E-state index in [-0.39, 0.29) is 5.91 Å². The van der Waals surface area contributed by atoms with Gasteiger partial charge in [0.2, 0.25) is 0 Å². The molecule has 0 radical (unpaired) electrons. The third-order valence-corrected chi connectivity index (χ3v) is 3.62. The molecule has 0 aliphatic rings. The Balaban J connectivity index is 1.75. The predicted octanol–water partition coefficient (Wildman–Crippen LogP) is 4.20. The van der Waals surface area contributed by atoms with Crippen LogP contribution in [0.25, 0.3) is 11.5 Å². The largest absolute Gasteiger partial charge is 0.334 e. The zero-order chi connectivity index (χ0) is 16.2. The fraction of sp³-hybridized carbons (Fsp3) is 0.118. The number of nitrogens with one attached hydrogen (secondary N) is 1. The molecule has 0 aliphatic carbocycles. The number of carbonyl (C=O) groups excluding carboxylic acids is 1. The third kappa shape index (κ3) is 3.40. The summed E-state index contributed by atoms with van der Waals surface area (Å²) in [5, 5.41) is 7.08. The number of benzene rings is 2. The quantitative estimate of drug-likeness (QED) is 0.779. The van der Waals surface area contributed by atoms with Crippen LogP contribution in [0.4, 0.5) is 5.69 Å². The van der Waals surface area contributed by atoms with Gasteiger partial charge in [-0.3, -0.25) is 4.79 Å². The molecule has 0 saturated carbocycles. The highest BCUT2D eigenvalue weighted by molar-refractivity contribution is 6.34. The first-order valence-electron chi connectivity index (χ1n) is 7.16. The Morgan fingerprint density at radius 3 is 2.57 bits per heavy atom. The second kappa shape index (κ2) is 6.62. The van der Waals surface area contributed by atoms with Crippen LogP contribution in [-0.4, -0.2) is 16.0 Å². The van der Waals surface area contributed by atoms with Gasteiger partial charge in [-0.25, -0.2) is 0 Å². The second-order valence-electron chi connectivity index (χ2n) is 4.88. The summed E-state index contributed by atoms with van der Waals surface area (Å²) < 4.78 is 5.18. The first-order valence-corrected chi connectivity index (χ1v) is 7.54. The van der Waals surface area contributed by atoms with E-state index in [1.165, 1.54) is 0 Å². The van der Waals surface area contributed by atoms with Crippen molar-refractivity contribution in [3.8, 4) is 11.5 Å². The summed E-state index contributed by atoms with van der Waals surface area (Å²) in [5.74, 6) is 0.872. The van der Waals surface area contributed by atoms with Crippen molar-refractivity contribution in [3.63, 3.8) is 0 Å². The van der Waals surface area contributed by atoms with Crippen LogP contribution in [-0.2, 0) is 6.42 Å². The van der Waals surface area contributed by atoms with Crippen LogP contribution in [0.15, 0.2) is 53.1 Å². The number of amides is 1. The lowest BCUT2D eigenvalue weighted by Gasteiger charge is -2.06. The number of rotatable bonds is 4. The maximum atomic E-state index is 12.2. The summed E-state index contributed by atoms with van der Waals surface area (Å²) in [5.41, 5.74) is 1.89. The summed E-state index contributed by atoms with van der Waals surface area (Å²) in [6.07, 6.45) is 0.718. The van der Waals surface area contributed by atoms with Crippen molar-refractivity contribution in [2.45, 2.75) is 13.3 Å². The number of nitrogens with zero attached hydrogens (tertiary/aromatic N) is 2. The fourth-order valence-electron chi connectivity index (χ4n) is 2.05. The Kier molecular flexibility index (Phi) is 4.39. The Labute approximate surface area is 138 Å². The van der Waals surface area contributed by atoms with Crippen LogP contribution in [0.1, 0.15) is 23.1 Å². The van der Waals surface area contributed by atoms with Crippen molar-refractivity contribution in [2.75, 3.05) is 5.32 Å². The van der Waals surface area contributed by atoms with Crippen molar-refractivity contribution in [1.82, 2.24) is 10.1 Å². The molecule has 0 atom stereocenters. The Bertz CT molecular complexity index is 828. The molecule has 1 N–H and O–H groups in total. The standard InChI is InChI=1S/C17H14ClN3O2/c1-2-15-20-17(23-21-15)11-7-9-12(10-8-11)19-16(22)13-5-3-4-6-14(13)18/h3-10H,2H2,1H3,(H,19,22). The molecule has 0 unspecified atom stereocenters.